The molecule has 0 amide bonds. The Hall–Kier alpha value is -0.670. The molecule has 1 N–H and O–H groups in total. The maximum atomic E-state index is 9.48. The van der Waals surface area contributed by atoms with Gasteiger partial charge >= 0.3 is 0 Å². The lowest BCUT2D eigenvalue weighted by Crippen LogP contribution is -2.28. The molecule has 0 atom stereocenters. The van der Waals surface area contributed by atoms with Crippen molar-refractivity contribution in [2.45, 2.75) is 31.3 Å². The lowest BCUT2D eigenvalue weighted by atomic mass is 10.1. The van der Waals surface area contributed by atoms with Crippen LogP contribution >= 0.6 is 12.6 Å². The summed E-state index contributed by atoms with van der Waals surface area (Å²) in [6, 6.07) is 5.67. The number of aryl methyl sites for hydroxylation is 1. The highest BCUT2D eigenvalue weighted by molar-refractivity contribution is 7.80. The third kappa shape index (κ3) is 3.60. The van der Waals surface area contributed by atoms with Crippen LogP contribution in [0.4, 0.5) is 0 Å². The van der Waals surface area contributed by atoms with Crippen molar-refractivity contribution in [1.82, 2.24) is 0 Å². The van der Waals surface area contributed by atoms with Crippen LogP contribution < -0.4 is 4.74 Å². The predicted octanol–water partition coefficient (Wildman–Crippen LogP) is 2.43. The van der Waals surface area contributed by atoms with E-state index < -0.39 is 5.60 Å². The molecule has 1 aromatic rings. The summed E-state index contributed by atoms with van der Waals surface area (Å²) in [5.74, 6) is 0.796. The van der Waals surface area contributed by atoms with Crippen molar-refractivity contribution >= 4 is 12.6 Å². The Labute approximate surface area is 90.3 Å². The van der Waals surface area contributed by atoms with Crippen LogP contribution in [-0.4, -0.2) is 17.3 Å². The van der Waals surface area contributed by atoms with E-state index in [2.05, 4.69) is 12.6 Å². The quantitative estimate of drug-likeness (QED) is 0.754. The largest absolute Gasteiger partial charge is 0.490 e. The molecule has 0 aliphatic rings. The fraction of sp³-hybridized carbons (Fsp3) is 0.455. The second kappa shape index (κ2) is 4.24. The number of hydrogen-bond acceptors (Lipinski definition) is 3. The molecule has 0 fully saturated rings. The Bertz CT molecular complexity index is 316. The summed E-state index contributed by atoms with van der Waals surface area (Å²) in [5.41, 5.74) is 0.230. The Morgan fingerprint density at radius 3 is 2.57 bits per heavy atom. The van der Waals surface area contributed by atoms with E-state index in [0.29, 0.717) is 6.61 Å². The van der Waals surface area contributed by atoms with E-state index in [0.717, 1.165) is 16.2 Å². The van der Waals surface area contributed by atoms with Gasteiger partial charge in [0.25, 0.3) is 0 Å². The normalized spacial score (nSPS) is 11.5. The van der Waals surface area contributed by atoms with Crippen LogP contribution in [0.2, 0.25) is 0 Å². The molecule has 3 heteroatoms. The maximum Gasteiger partial charge on any atom is 0.122 e. The summed E-state index contributed by atoms with van der Waals surface area (Å²) < 4.78 is 5.47. The molecular formula is C11H16O2S. The van der Waals surface area contributed by atoms with Gasteiger partial charge in [0.15, 0.2) is 0 Å². The Morgan fingerprint density at radius 2 is 2.07 bits per heavy atom. The third-order valence-electron chi connectivity index (χ3n) is 1.74. The van der Waals surface area contributed by atoms with Gasteiger partial charge in [-0.1, -0.05) is 0 Å². The van der Waals surface area contributed by atoms with E-state index in [4.69, 9.17) is 4.74 Å². The van der Waals surface area contributed by atoms with E-state index in [1.165, 1.54) is 0 Å². The van der Waals surface area contributed by atoms with Gasteiger partial charge in [0.1, 0.15) is 12.4 Å². The first-order valence-corrected chi connectivity index (χ1v) is 4.98. The first-order valence-electron chi connectivity index (χ1n) is 4.53. The van der Waals surface area contributed by atoms with Crippen molar-refractivity contribution in [2.24, 2.45) is 0 Å². The van der Waals surface area contributed by atoms with Crippen LogP contribution in [0.25, 0.3) is 0 Å². The van der Waals surface area contributed by atoms with Gasteiger partial charge < -0.3 is 9.84 Å². The molecule has 78 valence electrons. The molecule has 1 rings (SSSR count). The summed E-state index contributed by atoms with van der Waals surface area (Å²) in [6.07, 6.45) is 0. The summed E-state index contributed by atoms with van der Waals surface area (Å²) >= 11 is 4.22. The highest BCUT2D eigenvalue weighted by atomic mass is 32.1. The average Bonchev–Trinajstić information content (AvgIpc) is 2.00. The molecule has 2 nitrogen and oxygen atoms in total. The molecule has 0 aliphatic carbocycles. The zero-order chi connectivity index (χ0) is 10.8. The van der Waals surface area contributed by atoms with Crippen molar-refractivity contribution in [2.75, 3.05) is 6.61 Å². The van der Waals surface area contributed by atoms with Gasteiger partial charge in [-0.2, -0.15) is 0 Å². The van der Waals surface area contributed by atoms with Crippen molar-refractivity contribution in [3.8, 4) is 5.75 Å². The molecule has 0 spiro atoms. The van der Waals surface area contributed by atoms with E-state index in [1.807, 2.05) is 25.1 Å². The topological polar surface area (TPSA) is 29.5 Å². The molecular weight excluding hydrogens is 196 g/mol. The van der Waals surface area contributed by atoms with Gasteiger partial charge in [0, 0.05) is 4.90 Å². The van der Waals surface area contributed by atoms with Crippen LogP contribution in [0, 0.1) is 6.92 Å². The van der Waals surface area contributed by atoms with E-state index >= 15 is 0 Å². The van der Waals surface area contributed by atoms with Crippen LogP contribution in [0.15, 0.2) is 23.1 Å². The summed E-state index contributed by atoms with van der Waals surface area (Å²) in [5, 5.41) is 9.48. The van der Waals surface area contributed by atoms with Gasteiger partial charge in [0.2, 0.25) is 0 Å². The number of hydrogen-bond donors (Lipinski definition) is 2. The predicted molar refractivity (Wildman–Crippen MR) is 60.2 cm³/mol. The number of benzene rings is 1. The highest BCUT2D eigenvalue weighted by Crippen LogP contribution is 2.21. The Balaban J connectivity index is 2.68. The second-order valence-corrected chi connectivity index (χ2v) is 4.57. The lowest BCUT2D eigenvalue weighted by Gasteiger charge is -2.18. The number of aliphatic hydroxyl groups is 1. The van der Waals surface area contributed by atoms with Gasteiger partial charge in [0.05, 0.1) is 5.60 Å². The summed E-state index contributed by atoms with van der Waals surface area (Å²) in [6.45, 7) is 5.68. The maximum absolute atomic E-state index is 9.48. The molecule has 0 saturated carbocycles. The van der Waals surface area contributed by atoms with E-state index in [1.54, 1.807) is 13.8 Å². The van der Waals surface area contributed by atoms with Crippen LogP contribution in [0.5, 0.6) is 5.75 Å². The second-order valence-electron chi connectivity index (χ2n) is 4.05. The molecule has 0 unspecified atom stereocenters. The van der Waals surface area contributed by atoms with Gasteiger partial charge in [-0.25, -0.2) is 0 Å². The van der Waals surface area contributed by atoms with Crippen molar-refractivity contribution in [1.29, 1.82) is 0 Å². The van der Waals surface area contributed by atoms with Gasteiger partial charge in [-0.05, 0) is 44.5 Å². The minimum atomic E-state index is -0.800. The summed E-state index contributed by atoms with van der Waals surface area (Å²) in [4.78, 5) is 0.915. The fourth-order valence-corrected chi connectivity index (χ4v) is 1.32. The molecule has 1 aromatic carbocycles. The van der Waals surface area contributed by atoms with Gasteiger partial charge in [-0.3, -0.25) is 0 Å². The first kappa shape index (κ1) is 11.4. The van der Waals surface area contributed by atoms with Gasteiger partial charge in [-0.15, -0.1) is 12.6 Å². The molecule has 0 aromatic heterocycles. The van der Waals surface area contributed by atoms with E-state index in [-0.39, 0.29) is 0 Å². The molecule has 0 aliphatic heterocycles. The molecule has 0 bridgehead atoms. The molecule has 0 saturated heterocycles. The minimum Gasteiger partial charge on any atom is -0.490 e. The SMILES string of the molecule is Cc1cc(S)ccc1OCC(C)(C)O. The monoisotopic (exact) mass is 212 g/mol. The van der Waals surface area contributed by atoms with Crippen LogP contribution in [0.3, 0.4) is 0 Å². The number of thiol groups is 1. The minimum absolute atomic E-state index is 0.291. The fourth-order valence-electron chi connectivity index (χ4n) is 1.05. The third-order valence-corrected chi connectivity index (χ3v) is 2.02. The number of rotatable bonds is 3. The standard InChI is InChI=1S/C11H16O2S/c1-8-6-9(14)4-5-10(8)13-7-11(2,3)12/h4-6,12,14H,7H2,1-3H3. The van der Waals surface area contributed by atoms with Crippen molar-refractivity contribution in [3.63, 3.8) is 0 Å². The van der Waals surface area contributed by atoms with Crippen LogP contribution in [0.1, 0.15) is 19.4 Å². The molecule has 0 heterocycles. The summed E-state index contributed by atoms with van der Waals surface area (Å²) in [7, 11) is 0. The van der Waals surface area contributed by atoms with Crippen LogP contribution in [-0.2, 0) is 0 Å². The highest BCUT2D eigenvalue weighted by Gasteiger charge is 2.13. The lowest BCUT2D eigenvalue weighted by molar-refractivity contribution is 0.0282. The van der Waals surface area contributed by atoms with E-state index in [9.17, 15) is 5.11 Å². The number of ether oxygens (including phenoxy) is 1. The zero-order valence-corrected chi connectivity index (χ0v) is 9.64. The first-order chi connectivity index (χ1) is 6.38. The van der Waals surface area contributed by atoms with Crippen molar-refractivity contribution < 1.29 is 9.84 Å². The zero-order valence-electron chi connectivity index (χ0n) is 8.74. The average molecular weight is 212 g/mol. The van der Waals surface area contributed by atoms with Crippen molar-refractivity contribution in [3.05, 3.63) is 23.8 Å². The smallest absolute Gasteiger partial charge is 0.122 e. The molecule has 0 radical (unpaired) electrons. The molecule has 14 heavy (non-hydrogen) atoms. The Kier molecular flexibility index (Phi) is 3.45. The Morgan fingerprint density at radius 1 is 1.43 bits per heavy atom.